The van der Waals surface area contributed by atoms with Gasteiger partial charge in [-0.25, -0.2) is 0 Å². The van der Waals surface area contributed by atoms with Crippen LogP contribution in [0.1, 0.15) is 25.3 Å². The summed E-state index contributed by atoms with van der Waals surface area (Å²) < 4.78 is 0. The molecular formula is C27H26BrP. The molecule has 0 aliphatic carbocycles. The van der Waals surface area contributed by atoms with Crippen LogP contribution in [0.5, 0.6) is 0 Å². The van der Waals surface area contributed by atoms with E-state index in [0.717, 1.165) is 0 Å². The molecule has 0 nitrogen and oxygen atoms in total. The first-order valence-corrected chi connectivity index (χ1v) is 14.3. The van der Waals surface area contributed by atoms with Crippen LogP contribution in [0, 0.1) is 0 Å². The summed E-state index contributed by atoms with van der Waals surface area (Å²) in [5.74, 6) is 0.418. The molecule has 0 atom stereocenters. The monoisotopic (exact) mass is 460 g/mol. The molecule has 0 heterocycles. The van der Waals surface area contributed by atoms with Gasteiger partial charge in [0.15, 0.2) is 0 Å². The fourth-order valence-electron chi connectivity index (χ4n) is 4.35. The van der Waals surface area contributed by atoms with Crippen LogP contribution in [0.4, 0.5) is 0 Å². The van der Waals surface area contributed by atoms with Gasteiger partial charge in [0, 0.05) is 0 Å². The van der Waals surface area contributed by atoms with Crippen LogP contribution in [0.2, 0.25) is 0 Å². The molecule has 0 amide bonds. The summed E-state index contributed by atoms with van der Waals surface area (Å²) in [5, 5.41) is 2.24. The van der Waals surface area contributed by atoms with Gasteiger partial charge < -0.3 is 0 Å². The molecule has 4 rings (SSSR count). The second kappa shape index (κ2) is 7.90. The van der Waals surface area contributed by atoms with Crippen molar-refractivity contribution in [3.8, 4) is 0 Å². The van der Waals surface area contributed by atoms with Crippen LogP contribution >= 0.6 is 20.8 Å². The SMILES string of the molecule is CC(C)c1ccccc1P(Br)(c1ccccc1)(c1ccccc1)c1ccccc1. The number of hydrogen-bond acceptors (Lipinski definition) is 0. The topological polar surface area (TPSA) is 0 Å². The summed E-state index contributed by atoms with van der Waals surface area (Å²) in [4.78, 5) is 0. The quantitative estimate of drug-likeness (QED) is 0.307. The molecule has 0 radical (unpaired) electrons. The van der Waals surface area contributed by atoms with Gasteiger partial charge in [-0.2, -0.15) is 0 Å². The molecule has 0 unspecified atom stereocenters. The standard InChI is InChI=1S/C27H26BrP/c1-22(2)26-20-12-13-21-27(26)29(28,23-14-6-3-7-15-23,24-16-8-4-9-17-24)25-18-10-5-11-19-25/h3-22H,1-2H3. The number of rotatable bonds is 5. The van der Waals surface area contributed by atoms with E-state index < -0.39 is 5.31 Å². The zero-order chi connectivity index (χ0) is 20.3. The van der Waals surface area contributed by atoms with Gasteiger partial charge in [0.25, 0.3) is 0 Å². The summed E-state index contributed by atoms with van der Waals surface area (Å²) in [5.41, 5.74) is 1.39. The van der Waals surface area contributed by atoms with E-state index in [-0.39, 0.29) is 0 Å². The van der Waals surface area contributed by atoms with E-state index in [4.69, 9.17) is 0 Å². The first-order valence-electron chi connectivity index (χ1n) is 10.1. The van der Waals surface area contributed by atoms with Crippen molar-refractivity contribution in [2.24, 2.45) is 0 Å². The minimum absolute atomic E-state index is 0.418. The van der Waals surface area contributed by atoms with Crippen LogP contribution in [0.25, 0.3) is 0 Å². The molecule has 0 saturated carbocycles. The van der Waals surface area contributed by atoms with Crippen LogP contribution in [-0.2, 0) is 0 Å². The molecule has 2 heteroatoms. The zero-order valence-electron chi connectivity index (χ0n) is 16.9. The summed E-state index contributed by atoms with van der Waals surface area (Å²) in [6.07, 6.45) is 0. The van der Waals surface area contributed by atoms with Crippen LogP contribution < -0.4 is 21.2 Å². The van der Waals surface area contributed by atoms with Gasteiger partial charge in [0.1, 0.15) is 0 Å². The maximum absolute atomic E-state index is 4.58. The van der Waals surface area contributed by atoms with E-state index in [1.165, 1.54) is 26.8 Å². The Labute approximate surface area is 182 Å². The van der Waals surface area contributed by atoms with Gasteiger partial charge in [0.05, 0.1) is 0 Å². The molecule has 29 heavy (non-hydrogen) atoms. The fraction of sp³-hybridized carbons (Fsp3) is 0.111. The molecule has 4 aromatic rings. The molecule has 0 aromatic heterocycles. The van der Waals surface area contributed by atoms with Crippen molar-refractivity contribution in [3.63, 3.8) is 0 Å². The molecule has 0 spiro atoms. The van der Waals surface area contributed by atoms with Gasteiger partial charge in [0.2, 0.25) is 0 Å². The van der Waals surface area contributed by atoms with Crippen molar-refractivity contribution in [3.05, 3.63) is 121 Å². The van der Waals surface area contributed by atoms with E-state index in [9.17, 15) is 0 Å². The first kappa shape index (κ1) is 20.1. The van der Waals surface area contributed by atoms with E-state index in [0.29, 0.717) is 5.92 Å². The Morgan fingerprint density at radius 1 is 0.517 bits per heavy atom. The van der Waals surface area contributed by atoms with Crippen LogP contribution in [0.15, 0.2) is 115 Å². The third-order valence-electron chi connectivity index (χ3n) is 5.73. The van der Waals surface area contributed by atoms with E-state index in [2.05, 4.69) is 145 Å². The van der Waals surface area contributed by atoms with Gasteiger partial charge >= 0.3 is 183 Å². The normalized spacial score (nSPS) is 13.0. The van der Waals surface area contributed by atoms with Gasteiger partial charge in [-0.15, -0.1) is 0 Å². The summed E-state index contributed by atoms with van der Waals surface area (Å²) in [6.45, 7) is 4.57. The molecule has 0 N–H and O–H groups in total. The minimum atomic E-state index is -3.12. The molecule has 0 fully saturated rings. The Morgan fingerprint density at radius 3 is 1.24 bits per heavy atom. The van der Waals surface area contributed by atoms with Gasteiger partial charge in [-0.3, -0.25) is 0 Å². The fourth-order valence-corrected chi connectivity index (χ4v) is 12.6. The molecular weight excluding hydrogens is 435 g/mol. The van der Waals surface area contributed by atoms with Crippen LogP contribution in [-0.4, -0.2) is 0 Å². The second-order valence-corrected chi connectivity index (χ2v) is 16.0. The molecule has 146 valence electrons. The van der Waals surface area contributed by atoms with Crippen molar-refractivity contribution in [2.75, 3.05) is 0 Å². The Hall–Kier alpha value is -2.21. The van der Waals surface area contributed by atoms with Crippen molar-refractivity contribution in [1.29, 1.82) is 0 Å². The first-order chi connectivity index (χ1) is 14.1. The number of halogens is 1. The Morgan fingerprint density at radius 2 is 0.862 bits per heavy atom. The summed E-state index contributed by atoms with van der Waals surface area (Å²) in [6, 6.07) is 41.9. The predicted molar refractivity (Wildman–Crippen MR) is 134 cm³/mol. The third kappa shape index (κ3) is 3.08. The molecule has 0 aliphatic heterocycles. The van der Waals surface area contributed by atoms with E-state index in [1.807, 2.05) is 0 Å². The van der Waals surface area contributed by atoms with Gasteiger partial charge in [-0.1, -0.05) is 0 Å². The molecule has 0 bridgehead atoms. The van der Waals surface area contributed by atoms with E-state index >= 15 is 0 Å². The van der Waals surface area contributed by atoms with E-state index in [1.54, 1.807) is 0 Å². The second-order valence-electron chi connectivity index (χ2n) is 7.73. The van der Waals surface area contributed by atoms with Gasteiger partial charge in [-0.05, 0) is 0 Å². The zero-order valence-corrected chi connectivity index (χ0v) is 19.4. The maximum atomic E-state index is 4.58. The van der Waals surface area contributed by atoms with Crippen molar-refractivity contribution in [1.82, 2.24) is 0 Å². The molecule has 0 aliphatic rings. The summed E-state index contributed by atoms with van der Waals surface area (Å²) in [7, 11) is 0. The molecule has 0 saturated heterocycles. The van der Waals surface area contributed by atoms with Crippen molar-refractivity contribution in [2.45, 2.75) is 19.8 Å². The number of benzene rings is 4. The third-order valence-corrected chi connectivity index (χ3v) is 15.7. The van der Waals surface area contributed by atoms with Crippen molar-refractivity contribution < 1.29 is 0 Å². The number of hydrogen-bond donors (Lipinski definition) is 0. The summed E-state index contributed by atoms with van der Waals surface area (Å²) >= 11 is 4.58. The van der Waals surface area contributed by atoms with Crippen LogP contribution in [0.3, 0.4) is 0 Å². The predicted octanol–water partition coefficient (Wildman–Crippen LogP) is 6.28. The Kier molecular flexibility index (Phi) is 5.47. The Bertz CT molecular complexity index is 990. The Balaban J connectivity index is 2.27. The van der Waals surface area contributed by atoms with Crippen molar-refractivity contribution >= 4 is 42.0 Å². The average Bonchev–Trinajstić information content (AvgIpc) is 2.80. The average molecular weight is 461 g/mol. The molecule has 4 aromatic carbocycles.